The van der Waals surface area contributed by atoms with Crippen molar-refractivity contribution in [1.82, 2.24) is 5.32 Å². The molecule has 116 valence electrons. The minimum atomic E-state index is -2.91. The molecule has 1 aliphatic carbocycles. The first-order valence-electron chi connectivity index (χ1n) is 7.06. The summed E-state index contributed by atoms with van der Waals surface area (Å²) in [5.74, 6) is -0.340. The molecule has 1 aliphatic rings. The van der Waals surface area contributed by atoms with Gasteiger partial charge in [0.25, 0.3) is 5.91 Å². The van der Waals surface area contributed by atoms with E-state index in [1.165, 1.54) is 18.2 Å². The molecule has 0 spiro atoms. The van der Waals surface area contributed by atoms with Gasteiger partial charge in [-0.3, -0.25) is 4.79 Å². The van der Waals surface area contributed by atoms with Gasteiger partial charge < -0.3 is 10.1 Å². The Morgan fingerprint density at radius 1 is 1.29 bits per heavy atom. The van der Waals surface area contributed by atoms with Crippen LogP contribution in [-0.4, -0.2) is 23.9 Å². The standard InChI is InChI=1S/C15H18ClF2NO2/c16-12-7-2-1-3-8-13(12)19-14(20)10-5-4-6-11(9-10)21-15(17)18/h4-6,9,12-13,15H,1-3,7-8H2,(H,19,20). The zero-order chi connectivity index (χ0) is 15.2. The van der Waals surface area contributed by atoms with Gasteiger partial charge in [-0.15, -0.1) is 11.6 Å². The van der Waals surface area contributed by atoms with Crippen LogP contribution in [0.25, 0.3) is 0 Å². The zero-order valence-electron chi connectivity index (χ0n) is 11.5. The highest BCUT2D eigenvalue weighted by molar-refractivity contribution is 6.21. The second-order valence-corrected chi connectivity index (χ2v) is 5.70. The largest absolute Gasteiger partial charge is 0.435 e. The van der Waals surface area contributed by atoms with Crippen molar-refractivity contribution < 1.29 is 18.3 Å². The Kier molecular flexibility index (Phi) is 5.79. The van der Waals surface area contributed by atoms with Gasteiger partial charge in [0.1, 0.15) is 5.75 Å². The Labute approximate surface area is 127 Å². The summed E-state index contributed by atoms with van der Waals surface area (Å²) in [7, 11) is 0. The third kappa shape index (κ3) is 4.84. The number of ether oxygens (including phenoxy) is 1. The number of carbonyl (C=O) groups is 1. The van der Waals surface area contributed by atoms with Crippen LogP contribution in [0.5, 0.6) is 5.75 Å². The molecular formula is C15H18ClF2NO2. The number of rotatable bonds is 4. The number of hydrogen-bond donors (Lipinski definition) is 1. The summed E-state index contributed by atoms with van der Waals surface area (Å²) in [6, 6.07) is 5.69. The normalized spacial score (nSPS) is 22.7. The van der Waals surface area contributed by atoms with Gasteiger partial charge in [0.2, 0.25) is 0 Å². The Bertz CT molecular complexity index is 484. The first kappa shape index (κ1) is 16.0. The van der Waals surface area contributed by atoms with Crippen molar-refractivity contribution in [2.45, 2.75) is 50.1 Å². The number of alkyl halides is 3. The van der Waals surface area contributed by atoms with Crippen LogP contribution in [0.15, 0.2) is 24.3 Å². The van der Waals surface area contributed by atoms with E-state index in [0.717, 1.165) is 32.1 Å². The lowest BCUT2D eigenvalue weighted by Gasteiger charge is -2.21. The number of benzene rings is 1. The number of hydrogen-bond acceptors (Lipinski definition) is 2. The first-order chi connectivity index (χ1) is 10.1. The fourth-order valence-electron chi connectivity index (χ4n) is 2.49. The lowest BCUT2D eigenvalue weighted by molar-refractivity contribution is -0.0498. The van der Waals surface area contributed by atoms with E-state index in [1.807, 2.05) is 0 Å². The highest BCUT2D eigenvalue weighted by atomic mass is 35.5. The summed E-state index contributed by atoms with van der Waals surface area (Å²) >= 11 is 6.28. The summed E-state index contributed by atoms with van der Waals surface area (Å²) in [5, 5.41) is 2.81. The zero-order valence-corrected chi connectivity index (χ0v) is 12.3. The second kappa shape index (κ2) is 7.59. The lowest BCUT2D eigenvalue weighted by atomic mass is 10.1. The molecule has 21 heavy (non-hydrogen) atoms. The van der Waals surface area contributed by atoms with Gasteiger partial charge in [-0.2, -0.15) is 8.78 Å². The average molecular weight is 318 g/mol. The molecule has 1 fully saturated rings. The van der Waals surface area contributed by atoms with E-state index in [1.54, 1.807) is 6.07 Å². The maximum Gasteiger partial charge on any atom is 0.387 e. The molecular weight excluding hydrogens is 300 g/mol. The maximum absolute atomic E-state index is 12.2. The van der Waals surface area contributed by atoms with Crippen LogP contribution in [0.4, 0.5) is 8.78 Å². The Balaban J connectivity index is 2.02. The summed E-state index contributed by atoms with van der Waals surface area (Å²) in [5.41, 5.74) is 0.293. The monoisotopic (exact) mass is 317 g/mol. The van der Waals surface area contributed by atoms with Crippen molar-refractivity contribution in [2.75, 3.05) is 0 Å². The molecule has 1 aromatic rings. The minimum Gasteiger partial charge on any atom is -0.435 e. The van der Waals surface area contributed by atoms with E-state index in [4.69, 9.17) is 11.6 Å². The van der Waals surface area contributed by atoms with E-state index < -0.39 is 6.61 Å². The quantitative estimate of drug-likeness (QED) is 0.674. The molecule has 1 saturated carbocycles. The predicted octanol–water partition coefficient (Wildman–Crippen LogP) is 3.96. The van der Waals surface area contributed by atoms with Crippen molar-refractivity contribution in [1.29, 1.82) is 0 Å². The number of halogens is 3. The fourth-order valence-corrected chi connectivity index (χ4v) is 2.83. The summed E-state index contributed by atoms with van der Waals surface area (Å²) < 4.78 is 28.7. The van der Waals surface area contributed by atoms with Gasteiger partial charge in [-0.25, -0.2) is 0 Å². The van der Waals surface area contributed by atoms with E-state index >= 15 is 0 Å². The van der Waals surface area contributed by atoms with Crippen molar-refractivity contribution >= 4 is 17.5 Å². The van der Waals surface area contributed by atoms with E-state index in [9.17, 15) is 13.6 Å². The van der Waals surface area contributed by atoms with Gasteiger partial charge >= 0.3 is 6.61 Å². The highest BCUT2D eigenvalue weighted by Gasteiger charge is 2.23. The van der Waals surface area contributed by atoms with Crippen LogP contribution in [0.2, 0.25) is 0 Å². The minimum absolute atomic E-state index is 0.0269. The third-order valence-electron chi connectivity index (χ3n) is 3.57. The molecule has 0 bridgehead atoms. The van der Waals surface area contributed by atoms with Gasteiger partial charge in [-0.1, -0.05) is 25.3 Å². The van der Waals surface area contributed by atoms with Crippen LogP contribution in [0.1, 0.15) is 42.5 Å². The molecule has 2 unspecified atom stereocenters. The topological polar surface area (TPSA) is 38.3 Å². The van der Waals surface area contributed by atoms with Crippen LogP contribution >= 0.6 is 11.6 Å². The summed E-state index contributed by atoms with van der Waals surface area (Å²) in [6.07, 6.45) is 4.93. The lowest BCUT2D eigenvalue weighted by Crippen LogP contribution is -2.40. The van der Waals surface area contributed by atoms with E-state index in [2.05, 4.69) is 10.1 Å². The van der Waals surface area contributed by atoms with Crippen molar-refractivity contribution in [3.05, 3.63) is 29.8 Å². The van der Waals surface area contributed by atoms with Gasteiger partial charge in [-0.05, 0) is 31.0 Å². The van der Waals surface area contributed by atoms with Crippen molar-refractivity contribution in [3.63, 3.8) is 0 Å². The molecule has 0 aromatic heterocycles. The number of nitrogens with one attached hydrogen (secondary N) is 1. The molecule has 1 amide bonds. The molecule has 0 aliphatic heterocycles. The van der Waals surface area contributed by atoms with Crippen LogP contribution < -0.4 is 10.1 Å². The van der Waals surface area contributed by atoms with Gasteiger partial charge in [0.15, 0.2) is 0 Å². The van der Waals surface area contributed by atoms with Gasteiger partial charge in [0, 0.05) is 11.6 Å². The molecule has 6 heteroatoms. The van der Waals surface area contributed by atoms with Crippen LogP contribution in [0.3, 0.4) is 0 Å². The highest BCUT2D eigenvalue weighted by Crippen LogP contribution is 2.23. The molecule has 1 aromatic carbocycles. The Morgan fingerprint density at radius 3 is 2.81 bits per heavy atom. The molecule has 1 N–H and O–H groups in total. The smallest absolute Gasteiger partial charge is 0.387 e. The molecule has 2 rings (SSSR count). The SMILES string of the molecule is O=C(NC1CCCCCC1Cl)c1cccc(OC(F)F)c1. The Morgan fingerprint density at radius 2 is 2.05 bits per heavy atom. The van der Waals surface area contributed by atoms with E-state index in [0.29, 0.717) is 5.56 Å². The first-order valence-corrected chi connectivity index (χ1v) is 7.49. The molecule has 3 nitrogen and oxygen atoms in total. The average Bonchev–Trinajstić information content (AvgIpc) is 2.64. The number of amides is 1. The molecule has 0 saturated heterocycles. The Hall–Kier alpha value is -1.36. The third-order valence-corrected chi connectivity index (χ3v) is 4.09. The van der Waals surface area contributed by atoms with E-state index in [-0.39, 0.29) is 23.1 Å². The predicted molar refractivity (Wildman–Crippen MR) is 77.1 cm³/mol. The molecule has 0 radical (unpaired) electrons. The summed E-state index contributed by atoms with van der Waals surface area (Å²) in [6.45, 7) is -2.91. The van der Waals surface area contributed by atoms with Crippen molar-refractivity contribution in [3.8, 4) is 5.75 Å². The number of carbonyl (C=O) groups excluding carboxylic acids is 1. The summed E-state index contributed by atoms with van der Waals surface area (Å²) in [4.78, 5) is 12.2. The second-order valence-electron chi connectivity index (χ2n) is 5.14. The van der Waals surface area contributed by atoms with Gasteiger partial charge in [0.05, 0.1) is 5.38 Å². The maximum atomic E-state index is 12.2. The van der Waals surface area contributed by atoms with Crippen molar-refractivity contribution in [2.24, 2.45) is 0 Å². The fraction of sp³-hybridized carbons (Fsp3) is 0.533. The van der Waals surface area contributed by atoms with Crippen LogP contribution in [-0.2, 0) is 0 Å². The van der Waals surface area contributed by atoms with Crippen LogP contribution in [0, 0.1) is 0 Å². The molecule has 0 heterocycles. The molecule has 2 atom stereocenters.